The number of anilines is 1. The van der Waals surface area contributed by atoms with Gasteiger partial charge in [-0.25, -0.2) is 9.59 Å². The van der Waals surface area contributed by atoms with Gasteiger partial charge in [0.15, 0.2) is 6.04 Å². The van der Waals surface area contributed by atoms with E-state index in [-0.39, 0.29) is 0 Å². The van der Waals surface area contributed by atoms with E-state index in [0.717, 1.165) is 4.90 Å². The fourth-order valence-corrected chi connectivity index (χ4v) is 1.24. The van der Waals surface area contributed by atoms with Gasteiger partial charge in [-0.05, 0) is 12.1 Å². The summed E-state index contributed by atoms with van der Waals surface area (Å²) >= 11 is 0. The number of hydrogen-bond donors (Lipinski definition) is 3. The zero-order valence-electron chi connectivity index (χ0n) is 9.33. The molecular formula is C11H14N2O4. The standard InChI is InChI=1S/C11H14N2O4/c1-13(9(7-14)10(15)16)11(17)12-8-5-3-2-4-6-8/h2-6,9,14H,7H2,1H3,(H,12,17)(H,15,16). The van der Waals surface area contributed by atoms with Crippen LogP contribution in [0.25, 0.3) is 0 Å². The molecule has 17 heavy (non-hydrogen) atoms. The number of aliphatic carboxylic acids is 1. The van der Waals surface area contributed by atoms with Gasteiger partial charge < -0.3 is 20.4 Å². The van der Waals surface area contributed by atoms with Crippen molar-refractivity contribution in [3.05, 3.63) is 30.3 Å². The summed E-state index contributed by atoms with van der Waals surface area (Å²) in [5.41, 5.74) is 0.562. The highest BCUT2D eigenvalue weighted by Gasteiger charge is 2.25. The van der Waals surface area contributed by atoms with Crippen molar-refractivity contribution in [2.75, 3.05) is 19.0 Å². The lowest BCUT2D eigenvalue weighted by atomic mass is 10.3. The van der Waals surface area contributed by atoms with Crippen molar-refractivity contribution < 1.29 is 19.8 Å². The van der Waals surface area contributed by atoms with Crippen molar-refractivity contribution in [2.45, 2.75) is 6.04 Å². The molecule has 1 atom stereocenters. The molecule has 1 aromatic rings. The Kier molecular flexibility index (Phi) is 4.47. The number of likely N-dealkylation sites (N-methyl/N-ethyl adjacent to an activating group) is 1. The number of hydrogen-bond acceptors (Lipinski definition) is 3. The van der Waals surface area contributed by atoms with E-state index in [4.69, 9.17) is 10.2 Å². The molecule has 0 aliphatic rings. The number of carboxylic acids is 1. The summed E-state index contributed by atoms with van der Waals surface area (Å²) in [6, 6.07) is 6.82. The predicted molar refractivity (Wildman–Crippen MR) is 61.7 cm³/mol. The van der Waals surface area contributed by atoms with Crippen molar-refractivity contribution in [3.63, 3.8) is 0 Å². The molecule has 1 rings (SSSR count). The summed E-state index contributed by atoms with van der Waals surface area (Å²) in [7, 11) is 1.31. The van der Waals surface area contributed by atoms with Crippen LogP contribution in [0.1, 0.15) is 0 Å². The van der Waals surface area contributed by atoms with Crippen LogP contribution in [-0.4, -0.2) is 46.8 Å². The highest BCUT2D eigenvalue weighted by Crippen LogP contribution is 2.07. The number of aliphatic hydroxyl groups is 1. The number of carbonyl (C=O) groups is 2. The minimum atomic E-state index is -1.25. The van der Waals surface area contributed by atoms with Gasteiger partial charge in [0.2, 0.25) is 0 Å². The minimum Gasteiger partial charge on any atom is -0.480 e. The molecule has 1 unspecified atom stereocenters. The normalized spacial score (nSPS) is 11.6. The molecule has 92 valence electrons. The maximum absolute atomic E-state index is 11.7. The monoisotopic (exact) mass is 238 g/mol. The summed E-state index contributed by atoms with van der Waals surface area (Å²) < 4.78 is 0. The number of carboxylic acid groups (broad SMARTS) is 1. The first-order valence-electron chi connectivity index (χ1n) is 4.98. The van der Waals surface area contributed by atoms with Crippen LogP contribution in [-0.2, 0) is 4.79 Å². The molecule has 0 heterocycles. The molecule has 0 bridgehead atoms. The molecule has 6 nitrogen and oxygen atoms in total. The van der Waals surface area contributed by atoms with Crippen LogP contribution in [0.15, 0.2) is 30.3 Å². The van der Waals surface area contributed by atoms with Gasteiger partial charge in [0.1, 0.15) is 0 Å². The van der Waals surface area contributed by atoms with Crippen LogP contribution < -0.4 is 5.32 Å². The maximum atomic E-state index is 11.7. The molecule has 0 saturated heterocycles. The van der Waals surface area contributed by atoms with Crippen molar-refractivity contribution in [1.29, 1.82) is 0 Å². The molecule has 0 fully saturated rings. The molecule has 0 aliphatic carbocycles. The Labute approximate surface area is 98.5 Å². The lowest BCUT2D eigenvalue weighted by molar-refractivity contribution is -0.143. The smallest absolute Gasteiger partial charge is 0.328 e. The van der Waals surface area contributed by atoms with Gasteiger partial charge >= 0.3 is 12.0 Å². The van der Waals surface area contributed by atoms with Gasteiger partial charge in [0.25, 0.3) is 0 Å². The van der Waals surface area contributed by atoms with Gasteiger partial charge in [0.05, 0.1) is 6.61 Å². The topological polar surface area (TPSA) is 89.9 Å². The van der Waals surface area contributed by atoms with E-state index in [9.17, 15) is 9.59 Å². The van der Waals surface area contributed by atoms with Gasteiger partial charge in [-0.15, -0.1) is 0 Å². The molecule has 2 amide bonds. The Morgan fingerprint density at radius 3 is 2.41 bits per heavy atom. The van der Waals surface area contributed by atoms with Crippen molar-refractivity contribution >= 4 is 17.7 Å². The Morgan fingerprint density at radius 2 is 1.94 bits per heavy atom. The Balaban J connectivity index is 2.67. The molecule has 0 aliphatic heterocycles. The van der Waals surface area contributed by atoms with Gasteiger partial charge in [-0.3, -0.25) is 0 Å². The molecule has 0 spiro atoms. The highest BCUT2D eigenvalue weighted by molar-refractivity contribution is 5.92. The zero-order valence-corrected chi connectivity index (χ0v) is 9.33. The highest BCUT2D eigenvalue weighted by atomic mass is 16.4. The van der Waals surface area contributed by atoms with E-state index in [1.54, 1.807) is 30.3 Å². The molecule has 0 saturated carbocycles. The van der Waals surface area contributed by atoms with E-state index in [1.165, 1.54) is 7.05 Å². The van der Waals surface area contributed by atoms with E-state index < -0.39 is 24.6 Å². The van der Waals surface area contributed by atoms with Gasteiger partial charge in [-0.2, -0.15) is 0 Å². The second kappa shape index (κ2) is 5.86. The van der Waals surface area contributed by atoms with Crippen molar-refractivity contribution in [2.24, 2.45) is 0 Å². The number of nitrogens with zero attached hydrogens (tertiary/aromatic N) is 1. The third kappa shape index (κ3) is 3.46. The lowest BCUT2D eigenvalue weighted by Crippen LogP contribution is -2.46. The zero-order chi connectivity index (χ0) is 12.8. The minimum absolute atomic E-state index is 0.562. The number of carbonyl (C=O) groups excluding carboxylic acids is 1. The number of urea groups is 1. The van der Waals surface area contributed by atoms with Gasteiger partial charge in [-0.1, -0.05) is 18.2 Å². The van der Waals surface area contributed by atoms with E-state index >= 15 is 0 Å². The summed E-state index contributed by atoms with van der Waals surface area (Å²) in [6.45, 7) is -0.631. The number of benzene rings is 1. The summed E-state index contributed by atoms with van der Waals surface area (Å²) in [6.07, 6.45) is 0. The lowest BCUT2D eigenvalue weighted by Gasteiger charge is -2.23. The fraction of sp³-hybridized carbons (Fsp3) is 0.273. The quantitative estimate of drug-likeness (QED) is 0.716. The largest absolute Gasteiger partial charge is 0.480 e. The number of rotatable bonds is 4. The van der Waals surface area contributed by atoms with E-state index in [0.29, 0.717) is 5.69 Å². The molecule has 1 aromatic carbocycles. The maximum Gasteiger partial charge on any atom is 0.328 e. The van der Waals surface area contributed by atoms with Gasteiger partial charge in [0, 0.05) is 12.7 Å². The van der Waals surface area contributed by atoms with E-state index in [1.807, 2.05) is 0 Å². The predicted octanol–water partition coefficient (Wildman–Crippen LogP) is 0.596. The average Bonchev–Trinajstić information content (AvgIpc) is 2.30. The molecular weight excluding hydrogens is 224 g/mol. The Hall–Kier alpha value is -2.08. The first-order valence-corrected chi connectivity index (χ1v) is 4.98. The second-order valence-corrected chi connectivity index (χ2v) is 3.44. The summed E-state index contributed by atoms with van der Waals surface area (Å²) in [5, 5.41) is 20.2. The summed E-state index contributed by atoms with van der Waals surface area (Å²) in [4.78, 5) is 23.3. The van der Waals surface area contributed by atoms with Crippen LogP contribution in [0.3, 0.4) is 0 Å². The average molecular weight is 238 g/mol. The number of amides is 2. The summed E-state index contributed by atoms with van der Waals surface area (Å²) in [5.74, 6) is -1.25. The third-order valence-corrected chi connectivity index (χ3v) is 2.27. The first-order chi connectivity index (χ1) is 8.06. The second-order valence-electron chi connectivity index (χ2n) is 3.44. The Morgan fingerprint density at radius 1 is 1.35 bits per heavy atom. The van der Waals surface area contributed by atoms with Crippen LogP contribution in [0.5, 0.6) is 0 Å². The SMILES string of the molecule is CN(C(=O)Nc1ccccc1)C(CO)C(=O)O. The van der Waals surface area contributed by atoms with Crippen LogP contribution >= 0.6 is 0 Å². The number of nitrogens with one attached hydrogen (secondary N) is 1. The van der Waals surface area contributed by atoms with Crippen LogP contribution in [0.2, 0.25) is 0 Å². The fourth-order valence-electron chi connectivity index (χ4n) is 1.24. The third-order valence-electron chi connectivity index (χ3n) is 2.27. The number of para-hydroxylation sites is 1. The first kappa shape index (κ1) is 13.0. The number of aliphatic hydroxyl groups excluding tert-OH is 1. The molecule has 6 heteroatoms. The van der Waals surface area contributed by atoms with E-state index in [2.05, 4.69) is 5.32 Å². The molecule has 0 radical (unpaired) electrons. The van der Waals surface area contributed by atoms with Crippen LogP contribution in [0.4, 0.5) is 10.5 Å². The van der Waals surface area contributed by atoms with Crippen LogP contribution in [0, 0.1) is 0 Å². The molecule has 3 N–H and O–H groups in total. The molecule has 0 aromatic heterocycles. The van der Waals surface area contributed by atoms with Crippen molar-refractivity contribution in [1.82, 2.24) is 4.90 Å². The van der Waals surface area contributed by atoms with Crippen molar-refractivity contribution in [3.8, 4) is 0 Å². The Bertz CT molecular complexity index is 394.